The molecule has 0 rings (SSSR count). The van der Waals surface area contributed by atoms with Crippen LogP contribution in [0, 0.1) is 0 Å². The Labute approximate surface area is 226 Å². The van der Waals surface area contributed by atoms with Crippen LogP contribution < -0.4 is 16.0 Å². The number of amides is 3. The number of unbranched alkanes of at least 4 members (excludes halogenated alkanes) is 12. The van der Waals surface area contributed by atoms with Crippen LogP contribution in [0.25, 0.3) is 0 Å². The van der Waals surface area contributed by atoms with Gasteiger partial charge in [-0.05, 0) is 12.8 Å². The molecule has 0 bridgehead atoms. The van der Waals surface area contributed by atoms with Gasteiger partial charge in [-0.1, -0.05) is 84.0 Å². The van der Waals surface area contributed by atoms with Crippen molar-refractivity contribution in [1.29, 1.82) is 0 Å². The number of thiol groups is 1. The first-order valence-electron chi connectivity index (χ1n) is 13.6. The predicted octanol–water partition coefficient (Wildman–Crippen LogP) is 3.43. The highest BCUT2D eigenvalue weighted by molar-refractivity contribution is 7.80. The second-order valence-electron chi connectivity index (χ2n) is 9.40. The number of carbonyl (C=O) groups is 5. The molecule has 0 saturated carbocycles. The van der Waals surface area contributed by atoms with Gasteiger partial charge in [0.1, 0.15) is 18.6 Å². The van der Waals surface area contributed by atoms with E-state index in [4.69, 9.17) is 5.11 Å². The SMILES string of the molecule is CCCCCCCCCCCCCCCC(=O)N[C@@H](CCC(=O)N[C@@H](CS)C(=O)NCC(=O)O)C(=O)O. The zero-order valence-electron chi connectivity index (χ0n) is 22.3. The molecule has 5 N–H and O–H groups in total. The summed E-state index contributed by atoms with van der Waals surface area (Å²) in [5.41, 5.74) is 0. The molecule has 37 heavy (non-hydrogen) atoms. The maximum absolute atomic E-state index is 12.2. The van der Waals surface area contributed by atoms with E-state index >= 15 is 0 Å². The molecule has 0 aliphatic heterocycles. The minimum Gasteiger partial charge on any atom is -0.480 e. The molecule has 0 radical (unpaired) electrons. The standard InChI is InChI=1S/C26H47N3O7S/c1-2-3-4-5-6-7-8-9-10-11-12-13-14-15-22(30)28-20(26(35)36)16-17-23(31)29-21(19-37)25(34)27-18-24(32)33/h20-21,37H,2-19H2,1H3,(H,27,34)(H,28,30)(H,29,31)(H,32,33)(H,35,36)/t20-,21-/m0/s1. The van der Waals surface area contributed by atoms with Crippen LogP contribution >= 0.6 is 12.6 Å². The topological polar surface area (TPSA) is 162 Å². The van der Waals surface area contributed by atoms with Gasteiger partial charge in [-0.15, -0.1) is 0 Å². The normalized spacial score (nSPS) is 12.4. The minimum absolute atomic E-state index is 0.0601. The second-order valence-corrected chi connectivity index (χ2v) is 9.77. The van der Waals surface area contributed by atoms with Crippen LogP contribution in [-0.4, -0.2) is 64.3 Å². The molecule has 0 spiro atoms. The van der Waals surface area contributed by atoms with E-state index in [0.717, 1.165) is 19.3 Å². The Hall–Kier alpha value is -2.30. The van der Waals surface area contributed by atoms with Crippen molar-refractivity contribution in [3.63, 3.8) is 0 Å². The number of carboxylic acid groups (broad SMARTS) is 2. The van der Waals surface area contributed by atoms with E-state index in [9.17, 15) is 29.1 Å². The Kier molecular flexibility index (Phi) is 21.4. The monoisotopic (exact) mass is 545 g/mol. The molecule has 3 amide bonds. The molecule has 2 atom stereocenters. The fourth-order valence-electron chi connectivity index (χ4n) is 3.85. The Morgan fingerprint density at radius 2 is 1.14 bits per heavy atom. The molecule has 0 unspecified atom stereocenters. The third-order valence-electron chi connectivity index (χ3n) is 6.05. The molecule has 0 fully saturated rings. The van der Waals surface area contributed by atoms with Gasteiger partial charge >= 0.3 is 11.9 Å². The van der Waals surface area contributed by atoms with E-state index in [1.807, 2.05) is 0 Å². The van der Waals surface area contributed by atoms with E-state index in [2.05, 4.69) is 35.5 Å². The quantitative estimate of drug-likeness (QED) is 0.0799. The summed E-state index contributed by atoms with van der Waals surface area (Å²) in [6.07, 6.45) is 15.4. The zero-order chi connectivity index (χ0) is 27.9. The summed E-state index contributed by atoms with van der Waals surface area (Å²) in [6.45, 7) is 1.63. The van der Waals surface area contributed by atoms with Crippen molar-refractivity contribution >= 4 is 42.3 Å². The Morgan fingerprint density at radius 1 is 0.676 bits per heavy atom. The fraction of sp³-hybridized carbons (Fsp3) is 0.808. The molecule has 0 aromatic heterocycles. The van der Waals surface area contributed by atoms with E-state index < -0.39 is 42.4 Å². The van der Waals surface area contributed by atoms with Gasteiger partial charge in [0.25, 0.3) is 0 Å². The second kappa shape index (κ2) is 22.9. The Morgan fingerprint density at radius 3 is 1.59 bits per heavy atom. The molecular formula is C26H47N3O7S. The van der Waals surface area contributed by atoms with E-state index in [0.29, 0.717) is 6.42 Å². The molecule has 10 nitrogen and oxygen atoms in total. The first kappa shape index (κ1) is 34.7. The van der Waals surface area contributed by atoms with Crippen LogP contribution in [0.2, 0.25) is 0 Å². The van der Waals surface area contributed by atoms with E-state index in [-0.39, 0.29) is 30.9 Å². The summed E-state index contributed by atoms with van der Waals surface area (Å²) in [5, 5.41) is 25.0. The molecule has 11 heteroatoms. The number of rotatable bonds is 24. The first-order valence-corrected chi connectivity index (χ1v) is 14.3. The van der Waals surface area contributed by atoms with Crippen LogP contribution in [-0.2, 0) is 24.0 Å². The molecule has 0 aliphatic carbocycles. The summed E-state index contributed by atoms with van der Waals surface area (Å²) in [5.74, 6) is -4.19. The predicted molar refractivity (Wildman–Crippen MR) is 146 cm³/mol. The molecule has 0 saturated heterocycles. The van der Waals surface area contributed by atoms with E-state index in [1.165, 1.54) is 57.8 Å². The maximum Gasteiger partial charge on any atom is 0.326 e. The van der Waals surface area contributed by atoms with E-state index in [1.54, 1.807) is 0 Å². The minimum atomic E-state index is -1.24. The molecular weight excluding hydrogens is 498 g/mol. The first-order chi connectivity index (χ1) is 17.7. The average Bonchev–Trinajstić information content (AvgIpc) is 2.86. The zero-order valence-corrected chi connectivity index (χ0v) is 23.2. The van der Waals surface area contributed by atoms with Crippen molar-refractivity contribution in [3.05, 3.63) is 0 Å². The van der Waals surface area contributed by atoms with Crippen LogP contribution in [0.3, 0.4) is 0 Å². The Balaban J connectivity index is 4.04. The van der Waals surface area contributed by atoms with Crippen LogP contribution in [0.1, 0.15) is 110 Å². The number of nitrogens with one attached hydrogen (secondary N) is 3. The number of carbonyl (C=O) groups excluding carboxylic acids is 3. The van der Waals surface area contributed by atoms with Gasteiger partial charge in [0, 0.05) is 18.6 Å². The lowest BCUT2D eigenvalue weighted by molar-refractivity contribution is -0.142. The van der Waals surface area contributed by atoms with Crippen LogP contribution in [0.4, 0.5) is 0 Å². The van der Waals surface area contributed by atoms with Crippen molar-refractivity contribution < 1.29 is 34.2 Å². The van der Waals surface area contributed by atoms with Gasteiger partial charge in [0.2, 0.25) is 17.7 Å². The highest BCUT2D eigenvalue weighted by atomic mass is 32.1. The lowest BCUT2D eigenvalue weighted by atomic mass is 10.0. The number of hydrogen-bond acceptors (Lipinski definition) is 6. The third kappa shape index (κ3) is 20.4. The van der Waals surface area contributed by atoms with Crippen molar-refractivity contribution in [2.45, 2.75) is 122 Å². The molecule has 0 aromatic carbocycles. The smallest absolute Gasteiger partial charge is 0.326 e. The van der Waals surface area contributed by atoms with Gasteiger partial charge in [-0.2, -0.15) is 12.6 Å². The van der Waals surface area contributed by atoms with Crippen molar-refractivity contribution in [2.75, 3.05) is 12.3 Å². The number of hydrogen-bond donors (Lipinski definition) is 6. The summed E-state index contributed by atoms with van der Waals surface area (Å²) < 4.78 is 0. The number of carboxylic acids is 2. The molecule has 214 valence electrons. The maximum atomic E-state index is 12.2. The largest absolute Gasteiger partial charge is 0.480 e. The Bertz CT molecular complexity index is 691. The van der Waals surface area contributed by atoms with Crippen molar-refractivity contribution in [1.82, 2.24) is 16.0 Å². The summed E-state index contributed by atoms with van der Waals surface area (Å²) in [6, 6.07) is -2.26. The molecule has 0 heterocycles. The summed E-state index contributed by atoms with van der Waals surface area (Å²) in [7, 11) is 0. The van der Waals surface area contributed by atoms with Crippen LogP contribution in [0.5, 0.6) is 0 Å². The van der Waals surface area contributed by atoms with Gasteiger partial charge in [-0.25, -0.2) is 4.79 Å². The average molecular weight is 546 g/mol. The molecule has 0 aliphatic rings. The van der Waals surface area contributed by atoms with Gasteiger partial charge in [0.05, 0.1) is 0 Å². The van der Waals surface area contributed by atoms with Gasteiger partial charge < -0.3 is 26.2 Å². The molecule has 0 aromatic rings. The van der Waals surface area contributed by atoms with Gasteiger partial charge in [-0.3, -0.25) is 19.2 Å². The fourth-order valence-corrected chi connectivity index (χ4v) is 4.11. The summed E-state index contributed by atoms with van der Waals surface area (Å²) in [4.78, 5) is 58.2. The highest BCUT2D eigenvalue weighted by Crippen LogP contribution is 2.13. The van der Waals surface area contributed by atoms with Crippen LogP contribution in [0.15, 0.2) is 0 Å². The third-order valence-corrected chi connectivity index (χ3v) is 6.41. The lowest BCUT2D eigenvalue weighted by Gasteiger charge is -2.17. The lowest BCUT2D eigenvalue weighted by Crippen LogP contribution is -2.49. The van der Waals surface area contributed by atoms with Crippen molar-refractivity contribution in [3.8, 4) is 0 Å². The van der Waals surface area contributed by atoms with Crippen molar-refractivity contribution in [2.24, 2.45) is 0 Å². The summed E-state index contributed by atoms with van der Waals surface area (Å²) >= 11 is 3.97. The highest BCUT2D eigenvalue weighted by Gasteiger charge is 2.23. The van der Waals surface area contributed by atoms with Gasteiger partial charge in [0.15, 0.2) is 0 Å². The number of aliphatic carboxylic acids is 2.